The van der Waals surface area contributed by atoms with Crippen molar-refractivity contribution in [2.75, 3.05) is 19.4 Å². The predicted molar refractivity (Wildman–Crippen MR) is 91.9 cm³/mol. The summed E-state index contributed by atoms with van der Waals surface area (Å²) in [6.45, 7) is 1.75. The summed E-state index contributed by atoms with van der Waals surface area (Å²) >= 11 is 0. The fourth-order valence-corrected chi connectivity index (χ4v) is 4.15. The second-order valence-corrected chi connectivity index (χ2v) is 8.63. The van der Waals surface area contributed by atoms with Crippen LogP contribution in [0.25, 0.3) is 0 Å². The maximum atomic E-state index is 12.3. The largest absolute Gasteiger partial charge is 0.326 e. The van der Waals surface area contributed by atoms with E-state index in [4.69, 9.17) is 0 Å². The van der Waals surface area contributed by atoms with Crippen molar-refractivity contribution in [2.24, 2.45) is 5.92 Å². The number of hydrogen-bond acceptors (Lipinski definition) is 3. The molecule has 5 nitrogen and oxygen atoms in total. The Morgan fingerprint density at radius 2 is 1.91 bits per heavy atom. The van der Waals surface area contributed by atoms with Gasteiger partial charge in [-0.2, -0.15) is 0 Å². The van der Waals surface area contributed by atoms with Gasteiger partial charge in [-0.3, -0.25) is 4.79 Å². The molecular weight excluding hydrogens is 312 g/mol. The van der Waals surface area contributed by atoms with E-state index in [0.29, 0.717) is 23.6 Å². The van der Waals surface area contributed by atoms with Gasteiger partial charge in [-0.05, 0) is 37.0 Å². The molecule has 0 atom stereocenters. The molecule has 1 aromatic carbocycles. The molecule has 0 unspecified atom stereocenters. The molecule has 0 spiro atoms. The fraction of sp³-hybridized carbons (Fsp3) is 0.588. The van der Waals surface area contributed by atoms with Crippen LogP contribution in [-0.2, 0) is 14.8 Å². The lowest BCUT2D eigenvalue weighted by molar-refractivity contribution is -0.116. The van der Waals surface area contributed by atoms with Crippen LogP contribution in [0.2, 0.25) is 0 Å². The summed E-state index contributed by atoms with van der Waals surface area (Å²) in [5.41, 5.74) is 1.20. The van der Waals surface area contributed by atoms with Crippen LogP contribution in [0, 0.1) is 12.8 Å². The van der Waals surface area contributed by atoms with Crippen molar-refractivity contribution in [2.45, 2.75) is 50.3 Å². The molecule has 6 heteroatoms. The van der Waals surface area contributed by atoms with E-state index in [1.54, 1.807) is 19.1 Å². The van der Waals surface area contributed by atoms with Crippen molar-refractivity contribution < 1.29 is 13.2 Å². The highest BCUT2D eigenvalue weighted by atomic mass is 32.2. The summed E-state index contributed by atoms with van der Waals surface area (Å²) in [5.74, 6) is 0.623. The number of hydrogen-bond donors (Lipinski definition) is 1. The van der Waals surface area contributed by atoms with Crippen LogP contribution in [0.3, 0.4) is 0 Å². The molecule has 1 fully saturated rings. The zero-order valence-corrected chi connectivity index (χ0v) is 14.9. The molecule has 0 bridgehead atoms. The molecule has 1 N–H and O–H groups in total. The first kappa shape index (κ1) is 17.9. The molecule has 0 heterocycles. The van der Waals surface area contributed by atoms with Crippen molar-refractivity contribution in [3.8, 4) is 0 Å². The molecule has 23 heavy (non-hydrogen) atoms. The van der Waals surface area contributed by atoms with Gasteiger partial charge in [0.25, 0.3) is 0 Å². The van der Waals surface area contributed by atoms with E-state index < -0.39 is 10.0 Å². The van der Waals surface area contributed by atoms with Crippen LogP contribution in [0.1, 0.15) is 44.1 Å². The number of rotatable bonds is 6. The summed E-state index contributed by atoms with van der Waals surface area (Å²) in [6.07, 6.45) is 6.41. The van der Waals surface area contributed by atoms with Gasteiger partial charge in [0.2, 0.25) is 15.9 Å². The Kier molecular flexibility index (Phi) is 5.81. The van der Waals surface area contributed by atoms with Crippen molar-refractivity contribution in [3.63, 3.8) is 0 Å². The van der Waals surface area contributed by atoms with E-state index in [1.807, 2.05) is 0 Å². The van der Waals surface area contributed by atoms with E-state index in [-0.39, 0.29) is 10.8 Å². The minimum atomic E-state index is -3.51. The van der Waals surface area contributed by atoms with E-state index in [9.17, 15) is 13.2 Å². The fourth-order valence-electron chi connectivity index (χ4n) is 3.01. The smallest absolute Gasteiger partial charge is 0.242 e. The third kappa shape index (κ3) is 4.54. The minimum Gasteiger partial charge on any atom is -0.326 e. The molecule has 1 aromatic rings. The van der Waals surface area contributed by atoms with Crippen molar-refractivity contribution in [3.05, 3.63) is 23.8 Å². The van der Waals surface area contributed by atoms with E-state index in [2.05, 4.69) is 5.32 Å². The second-order valence-electron chi connectivity index (χ2n) is 6.51. The third-order valence-electron chi connectivity index (χ3n) is 4.48. The topological polar surface area (TPSA) is 66.5 Å². The van der Waals surface area contributed by atoms with Gasteiger partial charge in [0, 0.05) is 26.2 Å². The molecule has 0 radical (unpaired) electrons. The Balaban J connectivity index is 2.04. The monoisotopic (exact) mass is 338 g/mol. The lowest BCUT2D eigenvalue weighted by Gasteiger charge is -2.15. The first-order chi connectivity index (χ1) is 10.8. The van der Waals surface area contributed by atoms with E-state index >= 15 is 0 Å². The summed E-state index contributed by atoms with van der Waals surface area (Å²) in [4.78, 5) is 12.3. The summed E-state index contributed by atoms with van der Waals surface area (Å²) in [6, 6.07) is 5.01. The highest BCUT2D eigenvalue weighted by Crippen LogP contribution is 2.29. The highest BCUT2D eigenvalue weighted by Gasteiger charge is 2.21. The number of anilines is 1. The standard InChI is InChI=1S/C17H26N2O3S/c1-13-8-10-15(12-16(13)23(21,22)19(2)3)18-17(20)11-9-14-6-4-5-7-14/h8,10,12,14H,4-7,9,11H2,1-3H3,(H,18,20). The van der Waals surface area contributed by atoms with Gasteiger partial charge in [-0.1, -0.05) is 31.7 Å². The van der Waals surface area contributed by atoms with Gasteiger partial charge in [-0.15, -0.1) is 0 Å². The van der Waals surface area contributed by atoms with E-state index in [1.165, 1.54) is 50.2 Å². The molecular formula is C17H26N2O3S. The van der Waals surface area contributed by atoms with Crippen molar-refractivity contribution in [1.29, 1.82) is 0 Å². The average molecular weight is 338 g/mol. The number of carbonyl (C=O) groups is 1. The molecule has 1 saturated carbocycles. The second kappa shape index (κ2) is 7.45. The van der Waals surface area contributed by atoms with E-state index in [0.717, 1.165) is 6.42 Å². The summed E-state index contributed by atoms with van der Waals surface area (Å²) in [5, 5.41) is 2.82. The van der Waals surface area contributed by atoms with Crippen LogP contribution in [0.15, 0.2) is 23.1 Å². The number of sulfonamides is 1. The minimum absolute atomic E-state index is 0.0473. The lowest BCUT2D eigenvalue weighted by atomic mass is 10.0. The SMILES string of the molecule is Cc1ccc(NC(=O)CCC2CCCC2)cc1S(=O)(=O)N(C)C. The van der Waals surface area contributed by atoms with Crippen LogP contribution in [0.4, 0.5) is 5.69 Å². The molecule has 2 rings (SSSR count). The molecule has 1 aliphatic carbocycles. The molecule has 1 aliphatic rings. The molecule has 0 saturated heterocycles. The van der Waals surface area contributed by atoms with Crippen LogP contribution in [0.5, 0.6) is 0 Å². The van der Waals surface area contributed by atoms with Gasteiger partial charge in [-0.25, -0.2) is 12.7 Å². The quantitative estimate of drug-likeness (QED) is 0.866. The average Bonchev–Trinajstić information content (AvgIpc) is 3.00. The first-order valence-corrected chi connectivity index (χ1v) is 9.57. The first-order valence-electron chi connectivity index (χ1n) is 8.13. The molecule has 0 aromatic heterocycles. The van der Waals surface area contributed by atoms with Gasteiger partial charge >= 0.3 is 0 Å². The number of nitrogens with one attached hydrogen (secondary N) is 1. The van der Waals surface area contributed by atoms with Crippen molar-refractivity contribution in [1.82, 2.24) is 4.31 Å². The maximum Gasteiger partial charge on any atom is 0.242 e. The number of aryl methyl sites for hydroxylation is 1. The Hall–Kier alpha value is -1.40. The number of carbonyl (C=O) groups excluding carboxylic acids is 1. The van der Waals surface area contributed by atoms with Crippen LogP contribution < -0.4 is 5.32 Å². The molecule has 128 valence electrons. The third-order valence-corrected chi connectivity index (χ3v) is 6.44. The van der Waals surface area contributed by atoms with Crippen LogP contribution in [-0.4, -0.2) is 32.7 Å². The Bertz CT molecular complexity index is 662. The Morgan fingerprint density at radius 1 is 1.26 bits per heavy atom. The molecule has 1 amide bonds. The van der Waals surface area contributed by atoms with Gasteiger partial charge < -0.3 is 5.32 Å². The predicted octanol–water partition coefficient (Wildman–Crippen LogP) is 3.15. The van der Waals surface area contributed by atoms with Gasteiger partial charge in [0.15, 0.2) is 0 Å². The number of nitrogens with zero attached hydrogens (tertiary/aromatic N) is 1. The maximum absolute atomic E-state index is 12.3. The lowest BCUT2D eigenvalue weighted by Crippen LogP contribution is -2.23. The summed E-state index contributed by atoms with van der Waals surface area (Å²) < 4.78 is 25.8. The Morgan fingerprint density at radius 3 is 2.52 bits per heavy atom. The summed E-state index contributed by atoms with van der Waals surface area (Å²) in [7, 11) is -0.506. The van der Waals surface area contributed by atoms with Crippen molar-refractivity contribution >= 4 is 21.6 Å². The normalized spacial score (nSPS) is 16.0. The molecule has 0 aliphatic heterocycles. The highest BCUT2D eigenvalue weighted by molar-refractivity contribution is 7.89. The zero-order chi connectivity index (χ0) is 17.0. The Labute approximate surface area is 139 Å². The van der Waals surface area contributed by atoms with Gasteiger partial charge in [0.1, 0.15) is 0 Å². The number of benzene rings is 1. The number of amides is 1. The van der Waals surface area contributed by atoms with Gasteiger partial charge in [0.05, 0.1) is 4.90 Å². The zero-order valence-electron chi connectivity index (χ0n) is 14.1. The van der Waals surface area contributed by atoms with Crippen LogP contribution >= 0.6 is 0 Å².